The lowest BCUT2D eigenvalue weighted by Crippen LogP contribution is -2.44. The minimum absolute atomic E-state index is 0.0419. The summed E-state index contributed by atoms with van der Waals surface area (Å²) >= 11 is 5.97. The molecule has 0 aliphatic carbocycles. The summed E-state index contributed by atoms with van der Waals surface area (Å²) in [5.41, 5.74) is -1.16. The zero-order valence-corrected chi connectivity index (χ0v) is 18.2. The van der Waals surface area contributed by atoms with Crippen molar-refractivity contribution in [3.8, 4) is 0 Å². The van der Waals surface area contributed by atoms with Gasteiger partial charge in [-0.3, -0.25) is 9.59 Å². The number of nitrogens with one attached hydrogen (secondary N) is 2. The third-order valence-corrected chi connectivity index (χ3v) is 6.12. The number of fused-ring (bicyclic) bond motifs is 1. The highest BCUT2D eigenvalue weighted by Gasteiger charge is 2.29. The molecule has 2 aromatic heterocycles. The van der Waals surface area contributed by atoms with Crippen LogP contribution in [0.1, 0.15) is 24.3 Å². The standard InChI is InChI=1S/C19H18ClFN4O5S/c1-19(2,28)18(27)24-31(29,30)10-4-7-15(22-9-10)23-17(26)14-8-11-13(25(14)3)6-5-12(21)16(11)20/h4-9,28H,1-3H3,(H,24,27)(H,22,23,26). The summed E-state index contributed by atoms with van der Waals surface area (Å²) in [6, 6.07) is 6.49. The Labute approximate surface area is 181 Å². The molecule has 0 bridgehead atoms. The minimum Gasteiger partial charge on any atom is -0.381 e. The van der Waals surface area contributed by atoms with Crippen molar-refractivity contribution in [1.29, 1.82) is 0 Å². The zero-order chi connectivity index (χ0) is 23.1. The summed E-state index contributed by atoms with van der Waals surface area (Å²) in [6.45, 7) is 2.28. The van der Waals surface area contributed by atoms with Crippen LogP contribution >= 0.6 is 11.6 Å². The first-order chi connectivity index (χ1) is 14.3. The molecule has 0 aliphatic rings. The highest BCUT2D eigenvalue weighted by Crippen LogP contribution is 2.29. The van der Waals surface area contributed by atoms with E-state index >= 15 is 0 Å². The summed E-state index contributed by atoms with van der Waals surface area (Å²) in [5.74, 6) is -2.24. The van der Waals surface area contributed by atoms with Gasteiger partial charge in [-0.05, 0) is 44.2 Å². The number of amides is 2. The number of hydrogen-bond acceptors (Lipinski definition) is 6. The predicted molar refractivity (Wildman–Crippen MR) is 112 cm³/mol. The van der Waals surface area contributed by atoms with Crippen LogP contribution in [0, 0.1) is 5.82 Å². The van der Waals surface area contributed by atoms with Gasteiger partial charge in [0.05, 0.1) is 10.5 Å². The minimum atomic E-state index is -4.26. The highest BCUT2D eigenvalue weighted by atomic mass is 35.5. The van der Waals surface area contributed by atoms with E-state index < -0.39 is 33.3 Å². The van der Waals surface area contributed by atoms with Gasteiger partial charge in [0.25, 0.3) is 21.8 Å². The molecule has 3 rings (SSSR count). The third-order valence-electron chi connectivity index (χ3n) is 4.42. The van der Waals surface area contributed by atoms with Crippen molar-refractivity contribution in [3.05, 3.63) is 53.1 Å². The molecular weight excluding hydrogens is 451 g/mol. The Balaban J connectivity index is 1.81. The second kappa shape index (κ2) is 7.91. The number of carbonyl (C=O) groups is 2. The SMILES string of the molecule is Cn1c(C(=O)Nc2ccc(S(=O)(=O)NC(=O)C(C)(C)O)cn2)cc2c(Cl)c(F)ccc21. The Kier molecular flexibility index (Phi) is 5.78. The number of anilines is 1. The van der Waals surface area contributed by atoms with E-state index in [4.69, 9.17) is 11.6 Å². The van der Waals surface area contributed by atoms with Gasteiger partial charge in [-0.25, -0.2) is 22.5 Å². The molecule has 1 aromatic carbocycles. The van der Waals surface area contributed by atoms with Gasteiger partial charge >= 0.3 is 0 Å². The summed E-state index contributed by atoms with van der Waals surface area (Å²) < 4.78 is 41.4. The molecule has 0 atom stereocenters. The van der Waals surface area contributed by atoms with Crippen LogP contribution in [-0.4, -0.2) is 40.5 Å². The predicted octanol–water partition coefficient (Wildman–Crippen LogP) is 2.19. The lowest BCUT2D eigenvalue weighted by atomic mass is 10.1. The summed E-state index contributed by atoms with van der Waals surface area (Å²) in [5, 5.41) is 12.4. The molecule has 12 heteroatoms. The fourth-order valence-electron chi connectivity index (χ4n) is 2.67. The molecular formula is C19H18ClFN4O5S. The van der Waals surface area contributed by atoms with Crippen LogP contribution in [0.3, 0.4) is 0 Å². The average molecular weight is 469 g/mol. The van der Waals surface area contributed by atoms with Crippen LogP contribution in [0.25, 0.3) is 10.9 Å². The molecule has 0 aliphatic heterocycles. The summed E-state index contributed by atoms with van der Waals surface area (Å²) in [7, 11) is -2.65. The lowest BCUT2D eigenvalue weighted by Gasteiger charge is -2.16. The fraction of sp³-hybridized carbons (Fsp3) is 0.211. The number of sulfonamides is 1. The molecule has 3 N–H and O–H groups in total. The summed E-state index contributed by atoms with van der Waals surface area (Å²) in [4.78, 5) is 27.9. The van der Waals surface area contributed by atoms with Crippen LogP contribution in [0.15, 0.2) is 41.4 Å². The molecule has 0 unspecified atom stereocenters. The van der Waals surface area contributed by atoms with Crippen molar-refractivity contribution in [2.75, 3.05) is 5.32 Å². The number of rotatable bonds is 5. The molecule has 0 radical (unpaired) electrons. The summed E-state index contributed by atoms with van der Waals surface area (Å²) in [6.07, 6.45) is 0.948. The van der Waals surface area contributed by atoms with Crippen LogP contribution < -0.4 is 10.0 Å². The average Bonchev–Trinajstić information content (AvgIpc) is 3.01. The second-order valence-electron chi connectivity index (χ2n) is 7.21. The monoisotopic (exact) mass is 468 g/mol. The van der Waals surface area contributed by atoms with E-state index in [0.717, 1.165) is 26.1 Å². The number of benzene rings is 1. The smallest absolute Gasteiger partial charge is 0.273 e. The van der Waals surface area contributed by atoms with E-state index in [9.17, 15) is 27.5 Å². The Morgan fingerprint density at radius 3 is 2.48 bits per heavy atom. The number of aliphatic hydroxyl groups is 1. The quantitative estimate of drug-likeness (QED) is 0.526. The molecule has 2 heterocycles. The first-order valence-corrected chi connectivity index (χ1v) is 10.7. The van der Waals surface area contributed by atoms with E-state index in [0.29, 0.717) is 10.9 Å². The van der Waals surface area contributed by atoms with Crippen molar-refractivity contribution in [2.24, 2.45) is 7.05 Å². The van der Waals surface area contributed by atoms with Gasteiger partial charge in [-0.1, -0.05) is 11.6 Å². The van der Waals surface area contributed by atoms with E-state index in [-0.39, 0.29) is 21.4 Å². The number of halogens is 2. The Bertz CT molecular complexity index is 1300. The maximum Gasteiger partial charge on any atom is 0.273 e. The van der Waals surface area contributed by atoms with Crippen LogP contribution in [-0.2, 0) is 21.9 Å². The van der Waals surface area contributed by atoms with Gasteiger partial charge in [0.15, 0.2) is 0 Å². The largest absolute Gasteiger partial charge is 0.381 e. The molecule has 0 spiro atoms. The molecule has 9 nitrogen and oxygen atoms in total. The molecule has 0 saturated heterocycles. The van der Waals surface area contributed by atoms with Crippen molar-refractivity contribution in [3.63, 3.8) is 0 Å². The van der Waals surface area contributed by atoms with Crippen LogP contribution in [0.5, 0.6) is 0 Å². The normalized spacial score (nSPS) is 12.1. The van der Waals surface area contributed by atoms with Crippen molar-refractivity contribution < 1.29 is 27.5 Å². The van der Waals surface area contributed by atoms with E-state index in [1.54, 1.807) is 11.8 Å². The van der Waals surface area contributed by atoms with Crippen molar-refractivity contribution in [1.82, 2.24) is 14.3 Å². The topological polar surface area (TPSA) is 130 Å². The molecule has 3 aromatic rings. The second-order valence-corrected chi connectivity index (χ2v) is 9.27. The first kappa shape index (κ1) is 22.7. The Morgan fingerprint density at radius 2 is 1.90 bits per heavy atom. The maximum absolute atomic E-state index is 13.7. The molecule has 0 fully saturated rings. The number of aromatic nitrogens is 2. The lowest BCUT2D eigenvalue weighted by molar-refractivity contribution is -0.134. The molecule has 2 amide bonds. The van der Waals surface area contributed by atoms with E-state index in [1.165, 1.54) is 28.8 Å². The zero-order valence-electron chi connectivity index (χ0n) is 16.6. The number of aryl methyl sites for hydroxylation is 1. The highest BCUT2D eigenvalue weighted by molar-refractivity contribution is 7.90. The maximum atomic E-state index is 13.7. The van der Waals surface area contributed by atoms with Gasteiger partial charge < -0.3 is 15.0 Å². The van der Waals surface area contributed by atoms with Crippen LogP contribution in [0.4, 0.5) is 10.2 Å². The molecule has 31 heavy (non-hydrogen) atoms. The number of carbonyl (C=O) groups excluding carboxylic acids is 2. The van der Waals surface area contributed by atoms with Gasteiger partial charge in [-0.2, -0.15) is 0 Å². The Hall–Kier alpha value is -3.02. The Morgan fingerprint density at radius 1 is 1.23 bits per heavy atom. The first-order valence-electron chi connectivity index (χ1n) is 8.82. The van der Waals surface area contributed by atoms with Crippen molar-refractivity contribution >= 4 is 50.2 Å². The van der Waals surface area contributed by atoms with Crippen LogP contribution in [0.2, 0.25) is 5.02 Å². The van der Waals surface area contributed by atoms with Gasteiger partial charge in [0.1, 0.15) is 27.8 Å². The third kappa shape index (κ3) is 4.53. The van der Waals surface area contributed by atoms with Crippen molar-refractivity contribution in [2.45, 2.75) is 24.3 Å². The van der Waals surface area contributed by atoms with E-state index in [2.05, 4.69) is 10.3 Å². The van der Waals surface area contributed by atoms with Gasteiger partial charge in [0, 0.05) is 18.6 Å². The van der Waals surface area contributed by atoms with Gasteiger partial charge in [-0.15, -0.1) is 0 Å². The number of nitrogens with zero attached hydrogens (tertiary/aromatic N) is 2. The van der Waals surface area contributed by atoms with Gasteiger partial charge in [0.2, 0.25) is 0 Å². The molecule has 0 saturated carbocycles. The fourth-order valence-corrected chi connectivity index (χ4v) is 3.93. The number of hydrogen-bond donors (Lipinski definition) is 3. The number of pyridine rings is 1. The van der Waals surface area contributed by atoms with E-state index in [1.807, 2.05) is 0 Å². The molecule has 164 valence electrons.